The summed E-state index contributed by atoms with van der Waals surface area (Å²) in [4.78, 5) is 0. The molecule has 0 amide bonds. The van der Waals surface area contributed by atoms with Crippen molar-refractivity contribution in [2.45, 2.75) is 13.3 Å². The number of hydrogen-bond acceptors (Lipinski definition) is 1. The Labute approximate surface area is 67.7 Å². The third-order valence-electron chi connectivity index (χ3n) is 1.62. The summed E-state index contributed by atoms with van der Waals surface area (Å²) < 4.78 is 0. The van der Waals surface area contributed by atoms with E-state index in [0.29, 0.717) is 0 Å². The highest BCUT2D eigenvalue weighted by Gasteiger charge is 2.00. The number of aliphatic hydroxyl groups is 1. The van der Waals surface area contributed by atoms with E-state index < -0.39 is 0 Å². The van der Waals surface area contributed by atoms with Crippen molar-refractivity contribution in [2.75, 3.05) is 6.61 Å². The summed E-state index contributed by atoms with van der Waals surface area (Å²) in [6, 6.07) is 10.2. The van der Waals surface area contributed by atoms with Crippen LogP contribution in [0.4, 0.5) is 0 Å². The lowest BCUT2D eigenvalue weighted by Crippen LogP contribution is -2.01. The first-order chi connectivity index (χ1) is 5.33. The molecule has 0 aromatic heterocycles. The molecule has 1 aromatic rings. The van der Waals surface area contributed by atoms with Gasteiger partial charge in [-0.2, -0.15) is 0 Å². The minimum absolute atomic E-state index is 0.189. The zero-order chi connectivity index (χ0) is 8.10. The summed E-state index contributed by atoms with van der Waals surface area (Å²) in [6.45, 7) is 2.15. The van der Waals surface area contributed by atoms with Gasteiger partial charge in [-0.1, -0.05) is 37.3 Å². The molecule has 0 bridgehead atoms. The topological polar surface area (TPSA) is 20.2 Å². The van der Waals surface area contributed by atoms with Gasteiger partial charge < -0.3 is 5.11 Å². The lowest BCUT2D eigenvalue weighted by Gasteiger charge is -2.05. The fourth-order valence-electron chi connectivity index (χ4n) is 1.00. The minimum Gasteiger partial charge on any atom is -0.396 e. The minimum atomic E-state index is 0.189. The smallest absolute Gasteiger partial charge is 0.0494 e. The quantitative estimate of drug-likeness (QED) is 0.695. The molecule has 0 fully saturated rings. The normalized spacial score (nSPS) is 10.5. The van der Waals surface area contributed by atoms with E-state index in [2.05, 4.69) is 12.1 Å². The zero-order valence-electron chi connectivity index (χ0n) is 6.75. The van der Waals surface area contributed by atoms with E-state index >= 15 is 0 Å². The summed E-state index contributed by atoms with van der Waals surface area (Å²) in [5, 5.41) is 8.76. The Morgan fingerprint density at radius 1 is 1.27 bits per heavy atom. The van der Waals surface area contributed by atoms with E-state index in [4.69, 9.17) is 5.11 Å². The van der Waals surface area contributed by atoms with Crippen LogP contribution in [0.15, 0.2) is 30.3 Å². The Hall–Kier alpha value is -0.820. The van der Waals surface area contributed by atoms with Crippen LogP contribution >= 0.6 is 0 Å². The van der Waals surface area contributed by atoms with E-state index in [1.165, 1.54) is 5.56 Å². The van der Waals surface area contributed by atoms with Gasteiger partial charge >= 0.3 is 0 Å². The van der Waals surface area contributed by atoms with E-state index in [9.17, 15) is 0 Å². The summed E-state index contributed by atoms with van der Waals surface area (Å²) in [5.41, 5.74) is 1.26. The molecular weight excluding hydrogens is 136 g/mol. The second kappa shape index (κ2) is 4.14. The van der Waals surface area contributed by atoms with Crippen LogP contribution in [0, 0.1) is 5.92 Å². The molecule has 1 nitrogen and oxygen atoms in total. The van der Waals surface area contributed by atoms with Crippen molar-refractivity contribution in [3.8, 4) is 0 Å². The molecule has 0 atom stereocenters. The first-order valence-electron chi connectivity index (χ1n) is 3.79. The average molecular weight is 149 g/mol. The fourth-order valence-corrected chi connectivity index (χ4v) is 1.00. The summed E-state index contributed by atoms with van der Waals surface area (Å²) in [5.74, 6) is 1.11. The van der Waals surface area contributed by atoms with Crippen molar-refractivity contribution < 1.29 is 5.11 Å². The molecule has 11 heavy (non-hydrogen) atoms. The van der Waals surface area contributed by atoms with Crippen LogP contribution in [-0.4, -0.2) is 11.7 Å². The fraction of sp³-hybridized carbons (Fsp3) is 0.300. The lowest BCUT2D eigenvalue weighted by atomic mass is 10.0. The van der Waals surface area contributed by atoms with Gasteiger partial charge in [0.25, 0.3) is 0 Å². The Kier molecular flexibility index (Phi) is 3.12. The van der Waals surface area contributed by atoms with Crippen LogP contribution in [0.25, 0.3) is 0 Å². The van der Waals surface area contributed by atoms with Crippen LogP contribution in [-0.2, 0) is 6.42 Å². The molecule has 1 heteroatoms. The Balaban J connectivity index is 2.51. The first kappa shape index (κ1) is 8.28. The summed E-state index contributed by atoms with van der Waals surface area (Å²) in [7, 11) is 0. The van der Waals surface area contributed by atoms with E-state index in [-0.39, 0.29) is 6.61 Å². The summed E-state index contributed by atoms with van der Waals surface area (Å²) >= 11 is 0. The van der Waals surface area contributed by atoms with Crippen LogP contribution < -0.4 is 0 Å². The van der Waals surface area contributed by atoms with Gasteiger partial charge in [0.2, 0.25) is 0 Å². The van der Waals surface area contributed by atoms with Gasteiger partial charge in [-0.05, 0) is 12.0 Å². The largest absolute Gasteiger partial charge is 0.396 e. The third-order valence-corrected chi connectivity index (χ3v) is 1.62. The molecule has 1 aromatic carbocycles. The lowest BCUT2D eigenvalue weighted by molar-refractivity contribution is 0.306. The molecule has 1 rings (SSSR count). The van der Waals surface area contributed by atoms with Gasteiger partial charge in [-0.25, -0.2) is 0 Å². The number of rotatable bonds is 3. The Bertz CT molecular complexity index is 193. The van der Waals surface area contributed by atoms with Crippen LogP contribution in [0.3, 0.4) is 0 Å². The van der Waals surface area contributed by atoms with Gasteiger partial charge in [-0.15, -0.1) is 0 Å². The molecular formula is C10H13O. The van der Waals surface area contributed by atoms with Gasteiger partial charge in [0, 0.05) is 12.5 Å². The van der Waals surface area contributed by atoms with Crippen molar-refractivity contribution in [2.24, 2.45) is 0 Å². The standard InChI is InChI=1S/C10H13O/c1-9(8-11)7-10-5-3-2-4-6-10/h2-6,11H,7-8H2,1H3. The van der Waals surface area contributed by atoms with Crippen molar-refractivity contribution >= 4 is 0 Å². The Morgan fingerprint density at radius 2 is 1.91 bits per heavy atom. The van der Waals surface area contributed by atoms with Gasteiger partial charge in [0.05, 0.1) is 0 Å². The van der Waals surface area contributed by atoms with E-state index in [1.807, 2.05) is 25.1 Å². The molecule has 0 heterocycles. The monoisotopic (exact) mass is 149 g/mol. The molecule has 59 valence electrons. The second-order valence-corrected chi connectivity index (χ2v) is 2.78. The molecule has 0 aliphatic carbocycles. The molecule has 1 N–H and O–H groups in total. The van der Waals surface area contributed by atoms with E-state index in [0.717, 1.165) is 12.3 Å². The molecule has 0 saturated heterocycles. The number of benzene rings is 1. The van der Waals surface area contributed by atoms with Gasteiger partial charge in [-0.3, -0.25) is 0 Å². The molecule has 0 saturated carbocycles. The molecule has 1 radical (unpaired) electrons. The SMILES string of the molecule is C[C](CO)Cc1ccccc1. The van der Waals surface area contributed by atoms with Crippen molar-refractivity contribution in [1.82, 2.24) is 0 Å². The molecule has 0 spiro atoms. The van der Waals surface area contributed by atoms with Crippen LogP contribution in [0.1, 0.15) is 12.5 Å². The predicted molar refractivity (Wildman–Crippen MR) is 46.1 cm³/mol. The zero-order valence-corrected chi connectivity index (χ0v) is 6.75. The third kappa shape index (κ3) is 2.72. The average Bonchev–Trinajstić information content (AvgIpc) is 2.06. The molecule has 0 unspecified atom stereocenters. The highest BCUT2D eigenvalue weighted by atomic mass is 16.3. The predicted octanol–water partition coefficient (Wildman–Crippen LogP) is 1.82. The highest BCUT2D eigenvalue weighted by molar-refractivity contribution is 5.18. The number of hydrogen-bond donors (Lipinski definition) is 1. The maximum Gasteiger partial charge on any atom is 0.0494 e. The maximum atomic E-state index is 8.76. The van der Waals surface area contributed by atoms with Crippen molar-refractivity contribution in [3.05, 3.63) is 41.8 Å². The van der Waals surface area contributed by atoms with Crippen LogP contribution in [0.2, 0.25) is 0 Å². The molecule has 0 aliphatic heterocycles. The van der Waals surface area contributed by atoms with Crippen LogP contribution in [0.5, 0.6) is 0 Å². The number of aliphatic hydroxyl groups excluding tert-OH is 1. The van der Waals surface area contributed by atoms with Gasteiger partial charge in [0.1, 0.15) is 0 Å². The summed E-state index contributed by atoms with van der Waals surface area (Å²) in [6.07, 6.45) is 0.886. The maximum absolute atomic E-state index is 8.76. The Morgan fingerprint density at radius 3 is 2.45 bits per heavy atom. The van der Waals surface area contributed by atoms with E-state index in [1.54, 1.807) is 0 Å². The van der Waals surface area contributed by atoms with Crippen molar-refractivity contribution in [3.63, 3.8) is 0 Å². The second-order valence-electron chi connectivity index (χ2n) is 2.78. The molecule has 0 aliphatic rings. The highest BCUT2D eigenvalue weighted by Crippen LogP contribution is 2.08. The first-order valence-corrected chi connectivity index (χ1v) is 3.79. The van der Waals surface area contributed by atoms with Gasteiger partial charge in [0.15, 0.2) is 0 Å². The van der Waals surface area contributed by atoms with Crippen molar-refractivity contribution in [1.29, 1.82) is 0 Å².